The molecule has 1 saturated heterocycles. The van der Waals surface area contributed by atoms with Crippen LogP contribution in [0, 0.1) is 0 Å². The van der Waals surface area contributed by atoms with Crippen LogP contribution in [-0.4, -0.2) is 26.0 Å². The number of nitrogens with one attached hydrogen (secondary N) is 1. The van der Waals surface area contributed by atoms with E-state index in [-0.39, 0.29) is 12.3 Å². The van der Waals surface area contributed by atoms with Crippen molar-refractivity contribution in [2.24, 2.45) is 0 Å². The molecule has 0 saturated carbocycles. The van der Waals surface area contributed by atoms with E-state index >= 15 is 0 Å². The summed E-state index contributed by atoms with van der Waals surface area (Å²) >= 11 is 6.02. The van der Waals surface area contributed by atoms with Gasteiger partial charge in [-0.15, -0.1) is 0 Å². The van der Waals surface area contributed by atoms with Gasteiger partial charge in [-0.1, -0.05) is 30.7 Å². The highest BCUT2D eigenvalue weighted by Crippen LogP contribution is 2.24. The Morgan fingerprint density at radius 2 is 2.18 bits per heavy atom. The van der Waals surface area contributed by atoms with Gasteiger partial charge in [0.1, 0.15) is 0 Å². The summed E-state index contributed by atoms with van der Waals surface area (Å²) in [5.41, 5.74) is 1.18. The van der Waals surface area contributed by atoms with Gasteiger partial charge in [-0.05, 0) is 24.2 Å². The van der Waals surface area contributed by atoms with E-state index in [1.165, 1.54) is 5.56 Å². The Balaban J connectivity index is 2.04. The van der Waals surface area contributed by atoms with Gasteiger partial charge >= 0.3 is 0 Å². The van der Waals surface area contributed by atoms with Crippen LogP contribution >= 0.6 is 11.6 Å². The maximum absolute atomic E-state index is 6.02. The molecule has 1 aliphatic heterocycles. The van der Waals surface area contributed by atoms with Crippen molar-refractivity contribution in [2.45, 2.75) is 25.7 Å². The molecular formula is C13H18ClNO2. The summed E-state index contributed by atoms with van der Waals surface area (Å²) in [4.78, 5) is 0. The van der Waals surface area contributed by atoms with Crippen molar-refractivity contribution >= 4 is 11.6 Å². The quantitative estimate of drug-likeness (QED) is 0.878. The zero-order chi connectivity index (χ0) is 12.1. The van der Waals surface area contributed by atoms with Crippen molar-refractivity contribution in [3.63, 3.8) is 0 Å². The fourth-order valence-corrected chi connectivity index (χ4v) is 2.24. The predicted molar refractivity (Wildman–Crippen MR) is 68.2 cm³/mol. The molecule has 94 valence electrons. The molecule has 1 heterocycles. The van der Waals surface area contributed by atoms with Crippen LogP contribution in [0.1, 0.15) is 24.9 Å². The maximum Gasteiger partial charge on any atom is 0.159 e. The van der Waals surface area contributed by atoms with Crippen LogP contribution in [-0.2, 0) is 9.47 Å². The molecule has 1 aromatic rings. The Labute approximate surface area is 107 Å². The zero-order valence-electron chi connectivity index (χ0n) is 9.99. The van der Waals surface area contributed by atoms with E-state index in [0.717, 1.165) is 18.0 Å². The molecule has 1 N–H and O–H groups in total. The third kappa shape index (κ3) is 3.68. The zero-order valence-corrected chi connectivity index (χ0v) is 10.7. The van der Waals surface area contributed by atoms with Crippen LogP contribution < -0.4 is 5.32 Å². The van der Waals surface area contributed by atoms with Crippen LogP contribution in [0.2, 0.25) is 5.02 Å². The summed E-state index contributed by atoms with van der Waals surface area (Å²) in [5, 5.41) is 4.20. The summed E-state index contributed by atoms with van der Waals surface area (Å²) in [6.07, 6.45) is 0.715. The van der Waals surface area contributed by atoms with Gasteiger partial charge in [0, 0.05) is 17.5 Å². The average Bonchev–Trinajstić information content (AvgIpc) is 2.81. The van der Waals surface area contributed by atoms with E-state index in [1.54, 1.807) is 0 Å². The number of rotatable bonds is 5. The summed E-state index contributed by atoms with van der Waals surface area (Å²) < 4.78 is 11.0. The minimum absolute atomic E-state index is 0.0990. The molecule has 0 aliphatic carbocycles. The van der Waals surface area contributed by atoms with Gasteiger partial charge in [0.15, 0.2) is 6.29 Å². The van der Waals surface area contributed by atoms with Gasteiger partial charge < -0.3 is 14.8 Å². The Hall–Kier alpha value is -0.610. The molecule has 1 aliphatic rings. The van der Waals surface area contributed by atoms with E-state index in [1.807, 2.05) is 18.2 Å². The second kappa shape index (κ2) is 6.36. The molecule has 2 rings (SSSR count). The summed E-state index contributed by atoms with van der Waals surface area (Å²) in [6.45, 7) is 4.38. The molecular weight excluding hydrogens is 238 g/mol. The van der Waals surface area contributed by atoms with Crippen molar-refractivity contribution in [1.29, 1.82) is 0 Å². The molecule has 17 heavy (non-hydrogen) atoms. The van der Waals surface area contributed by atoms with Gasteiger partial charge in [-0.25, -0.2) is 0 Å². The number of hydrogen-bond donors (Lipinski definition) is 1. The van der Waals surface area contributed by atoms with Crippen molar-refractivity contribution < 1.29 is 9.47 Å². The fraction of sp³-hybridized carbons (Fsp3) is 0.538. The average molecular weight is 256 g/mol. The highest BCUT2D eigenvalue weighted by atomic mass is 35.5. The van der Waals surface area contributed by atoms with Crippen LogP contribution in [0.4, 0.5) is 0 Å². The summed E-state index contributed by atoms with van der Waals surface area (Å²) in [7, 11) is 0. The second-order valence-corrected chi connectivity index (χ2v) is 4.51. The van der Waals surface area contributed by atoms with Crippen LogP contribution in [0.3, 0.4) is 0 Å². The van der Waals surface area contributed by atoms with Gasteiger partial charge in [0.25, 0.3) is 0 Å². The lowest BCUT2D eigenvalue weighted by Gasteiger charge is -2.21. The summed E-state index contributed by atoms with van der Waals surface area (Å²) in [6, 6.07) is 8.15. The van der Waals surface area contributed by atoms with E-state index in [0.29, 0.717) is 13.2 Å². The third-order valence-corrected chi connectivity index (χ3v) is 3.06. The lowest BCUT2D eigenvalue weighted by atomic mass is 10.0. The highest BCUT2D eigenvalue weighted by molar-refractivity contribution is 6.30. The first kappa shape index (κ1) is 12.8. The molecule has 0 aromatic heterocycles. The first-order valence-corrected chi connectivity index (χ1v) is 6.39. The highest BCUT2D eigenvalue weighted by Gasteiger charge is 2.22. The topological polar surface area (TPSA) is 30.5 Å². The Bertz CT molecular complexity index is 353. The van der Waals surface area contributed by atoms with Gasteiger partial charge in [0.05, 0.1) is 13.2 Å². The minimum Gasteiger partial charge on any atom is -0.350 e. The normalized spacial score (nSPS) is 18.5. The van der Waals surface area contributed by atoms with E-state index in [2.05, 4.69) is 18.3 Å². The third-order valence-electron chi connectivity index (χ3n) is 2.82. The van der Waals surface area contributed by atoms with Gasteiger partial charge in [-0.2, -0.15) is 0 Å². The van der Waals surface area contributed by atoms with Crippen molar-refractivity contribution in [3.8, 4) is 0 Å². The summed E-state index contributed by atoms with van der Waals surface area (Å²) in [5.74, 6) is 0. The predicted octanol–water partition coefficient (Wildman–Crippen LogP) is 2.75. The molecule has 0 spiro atoms. The molecule has 0 radical (unpaired) electrons. The largest absolute Gasteiger partial charge is 0.350 e. The van der Waals surface area contributed by atoms with Crippen LogP contribution in [0.25, 0.3) is 0 Å². The second-order valence-electron chi connectivity index (χ2n) is 4.07. The lowest BCUT2D eigenvalue weighted by Crippen LogP contribution is -2.25. The van der Waals surface area contributed by atoms with Gasteiger partial charge in [-0.3, -0.25) is 0 Å². The number of hydrogen-bond acceptors (Lipinski definition) is 3. The van der Waals surface area contributed by atoms with Crippen LogP contribution in [0.15, 0.2) is 24.3 Å². The van der Waals surface area contributed by atoms with Gasteiger partial charge in [0.2, 0.25) is 0 Å². The Morgan fingerprint density at radius 3 is 2.82 bits per heavy atom. The fourth-order valence-electron chi connectivity index (χ4n) is 2.04. The first-order valence-electron chi connectivity index (χ1n) is 6.01. The lowest BCUT2D eigenvalue weighted by molar-refractivity contribution is -0.0529. The van der Waals surface area contributed by atoms with E-state index in [4.69, 9.17) is 21.1 Å². The Morgan fingerprint density at radius 1 is 1.41 bits per heavy atom. The first-order chi connectivity index (χ1) is 8.29. The van der Waals surface area contributed by atoms with Crippen molar-refractivity contribution in [1.82, 2.24) is 5.32 Å². The number of ether oxygens (including phenoxy) is 2. The molecule has 1 aromatic carbocycles. The monoisotopic (exact) mass is 255 g/mol. The standard InChI is InChI=1S/C13H18ClNO2/c1-2-15-12(9-13-16-6-7-17-13)10-4-3-5-11(14)8-10/h3-5,8,12-13,15H,2,6-7,9H2,1H3. The maximum atomic E-state index is 6.02. The van der Waals surface area contributed by atoms with E-state index < -0.39 is 0 Å². The SMILES string of the molecule is CCNC(CC1OCCO1)c1cccc(Cl)c1. The number of benzene rings is 1. The Kier molecular flexibility index (Phi) is 4.80. The minimum atomic E-state index is -0.0990. The smallest absolute Gasteiger partial charge is 0.159 e. The molecule has 1 atom stereocenters. The molecule has 3 nitrogen and oxygen atoms in total. The molecule has 0 amide bonds. The molecule has 0 bridgehead atoms. The van der Waals surface area contributed by atoms with Crippen molar-refractivity contribution in [3.05, 3.63) is 34.9 Å². The number of halogens is 1. The molecule has 1 fully saturated rings. The molecule has 1 unspecified atom stereocenters. The van der Waals surface area contributed by atoms with Crippen molar-refractivity contribution in [2.75, 3.05) is 19.8 Å². The molecule has 4 heteroatoms. The van der Waals surface area contributed by atoms with Crippen LogP contribution in [0.5, 0.6) is 0 Å². The van der Waals surface area contributed by atoms with E-state index in [9.17, 15) is 0 Å².